The number of nitrogens with zero attached hydrogens (tertiary/aromatic N) is 2. The van der Waals surface area contributed by atoms with E-state index in [1.807, 2.05) is 18.6 Å². The molecule has 1 aromatic carbocycles. The van der Waals surface area contributed by atoms with Gasteiger partial charge in [-0.25, -0.2) is 0 Å². The van der Waals surface area contributed by atoms with E-state index in [-0.39, 0.29) is 5.91 Å². The number of nitrogens with two attached hydrogens (primary N) is 1. The van der Waals surface area contributed by atoms with Gasteiger partial charge in [-0.1, -0.05) is 12.1 Å². The van der Waals surface area contributed by atoms with E-state index >= 15 is 0 Å². The molecule has 2 aliphatic heterocycles. The molecule has 1 aromatic rings. The molecule has 25 heavy (non-hydrogen) atoms. The molecule has 5 nitrogen and oxygen atoms in total. The van der Waals surface area contributed by atoms with Crippen molar-refractivity contribution in [3.8, 4) is 0 Å². The molecule has 5 heteroatoms. The molecule has 1 aliphatic carbocycles. The number of hydrogen-bond donors (Lipinski definition) is 1. The van der Waals surface area contributed by atoms with Crippen molar-refractivity contribution in [1.82, 2.24) is 9.80 Å². The molecule has 133 valence electrons. The minimum absolute atomic E-state index is 0.103. The summed E-state index contributed by atoms with van der Waals surface area (Å²) in [4.78, 5) is 28.4. The van der Waals surface area contributed by atoms with Gasteiger partial charge in [0.05, 0.1) is 0 Å². The van der Waals surface area contributed by atoms with Gasteiger partial charge in [-0.2, -0.15) is 0 Å². The Morgan fingerprint density at radius 2 is 1.76 bits per heavy atom. The second kappa shape index (κ2) is 6.45. The summed E-state index contributed by atoms with van der Waals surface area (Å²) in [5.74, 6) is -0.557. The van der Waals surface area contributed by atoms with Gasteiger partial charge in [0.15, 0.2) is 0 Å². The number of carbonyl (C=O) groups is 2. The third-order valence-corrected chi connectivity index (χ3v) is 5.97. The quantitative estimate of drug-likeness (QED) is 0.887. The predicted octanol–water partition coefficient (Wildman–Crippen LogP) is 1.72. The SMILES string of the molecule is NC(=O)C1[CH]CCN1C(=O)c1ccc(C2(CN3CCCC3)CC2)cc1. The molecule has 1 radical (unpaired) electrons. The Hall–Kier alpha value is -1.88. The zero-order valence-electron chi connectivity index (χ0n) is 14.6. The third-order valence-electron chi connectivity index (χ3n) is 5.97. The Morgan fingerprint density at radius 1 is 1.08 bits per heavy atom. The number of rotatable bonds is 5. The monoisotopic (exact) mass is 340 g/mol. The summed E-state index contributed by atoms with van der Waals surface area (Å²) in [7, 11) is 0. The van der Waals surface area contributed by atoms with Crippen LogP contribution in [0.2, 0.25) is 0 Å². The van der Waals surface area contributed by atoms with Gasteiger partial charge in [-0.15, -0.1) is 0 Å². The molecule has 0 aromatic heterocycles. The Morgan fingerprint density at radius 3 is 2.36 bits per heavy atom. The molecule has 2 N–H and O–H groups in total. The Balaban J connectivity index is 1.46. The van der Waals surface area contributed by atoms with Crippen LogP contribution in [-0.2, 0) is 10.2 Å². The third kappa shape index (κ3) is 3.17. The first-order valence-electron chi connectivity index (χ1n) is 9.36. The minimum Gasteiger partial charge on any atom is -0.368 e. The molecule has 0 bridgehead atoms. The van der Waals surface area contributed by atoms with E-state index in [4.69, 9.17) is 5.73 Å². The number of likely N-dealkylation sites (tertiary alicyclic amines) is 2. The van der Waals surface area contributed by atoms with Crippen LogP contribution in [0.3, 0.4) is 0 Å². The Kier molecular flexibility index (Phi) is 4.28. The molecule has 3 fully saturated rings. The van der Waals surface area contributed by atoms with Crippen LogP contribution in [0.5, 0.6) is 0 Å². The highest BCUT2D eigenvalue weighted by atomic mass is 16.2. The van der Waals surface area contributed by atoms with Crippen molar-refractivity contribution < 1.29 is 9.59 Å². The van der Waals surface area contributed by atoms with Gasteiger partial charge in [-0.3, -0.25) is 9.59 Å². The lowest BCUT2D eigenvalue weighted by Gasteiger charge is -2.24. The molecule has 4 rings (SSSR count). The van der Waals surface area contributed by atoms with Crippen LogP contribution in [0.1, 0.15) is 48.0 Å². The molecule has 0 spiro atoms. The van der Waals surface area contributed by atoms with E-state index in [0.717, 1.165) is 13.0 Å². The fraction of sp³-hybridized carbons (Fsp3) is 0.550. The van der Waals surface area contributed by atoms with Gasteiger partial charge < -0.3 is 15.5 Å². The topological polar surface area (TPSA) is 66.6 Å². The van der Waals surface area contributed by atoms with Crippen molar-refractivity contribution in [3.05, 3.63) is 41.8 Å². The van der Waals surface area contributed by atoms with Crippen molar-refractivity contribution in [1.29, 1.82) is 0 Å². The average molecular weight is 340 g/mol. The number of amides is 2. The van der Waals surface area contributed by atoms with Crippen molar-refractivity contribution >= 4 is 11.8 Å². The smallest absolute Gasteiger partial charge is 0.254 e. The van der Waals surface area contributed by atoms with E-state index < -0.39 is 11.9 Å². The molecule has 2 amide bonds. The fourth-order valence-corrected chi connectivity index (χ4v) is 4.33. The van der Waals surface area contributed by atoms with E-state index in [1.54, 1.807) is 4.90 Å². The largest absolute Gasteiger partial charge is 0.368 e. The lowest BCUT2D eigenvalue weighted by Crippen LogP contribution is -2.43. The fourth-order valence-electron chi connectivity index (χ4n) is 4.33. The maximum absolute atomic E-state index is 12.7. The molecular weight excluding hydrogens is 314 g/mol. The van der Waals surface area contributed by atoms with Gasteiger partial charge in [0.2, 0.25) is 5.91 Å². The summed E-state index contributed by atoms with van der Waals surface area (Å²) in [5.41, 5.74) is 7.68. The van der Waals surface area contributed by atoms with Crippen LogP contribution in [0.15, 0.2) is 24.3 Å². The molecular formula is C20H26N3O2. The maximum Gasteiger partial charge on any atom is 0.254 e. The highest BCUT2D eigenvalue weighted by molar-refractivity contribution is 5.98. The van der Waals surface area contributed by atoms with Crippen molar-refractivity contribution in [2.45, 2.75) is 43.6 Å². The lowest BCUT2D eigenvalue weighted by molar-refractivity contribution is -0.120. The zero-order chi connectivity index (χ0) is 17.4. The highest BCUT2D eigenvalue weighted by Crippen LogP contribution is 2.49. The molecule has 3 aliphatic rings. The van der Waals surface area contributed by atoms with Crippen LogP contribution in [-0.4, -0.2) is 53.8 Å². The second-order valence-electron chi connectivity index (χ2n) is 7.71. The molecule has 2 saturated heterocycles. The first-order valence-corrected chi connectivity index (χ1v) is 9.36. The van der Waals surface area contributed by atoms with Crippen molar-refractivity contribution in [3.63, 3.8) is 0 Å². The maximum atomic E-state index is 12.7. The zero-order valence-corrected chi connectivity index (χ0v) is 14.6. The Labute approximate surface area is 149 Å². The van der Waals surface area contributed by atoms with E-state index in [0.29, 0.717) is 17.5 Å². The van der Waals surface area contributed by atoms with Gasteiger partial charge >= 0.3 is 0 Å². The molecule has 1 atom stereocenters. The molecule has 2 heterocycles. The van der Waals surface area contributed by atoms with Crippen LogP contribution < -0.4 is 5.73 Å². The normalized spacial score (nSPS) is 25.3. The Bertz CT molecular complexity index is 660. The first-order chi connectivity index (χ1) is 12.1. The summed E-state index contributed by atoms with van der Waals surface area (Å²) in [5, 5.41) is 0. The van der Waals surface area contributed by atoms with Crippen LogP contribution >= 0.6 is 0 Å². The standard InChI is InChI=1S/C20H26N3O2/c21-18(24)17-4-3-13-23(17)19(25)15-5-7-16(8-6-15)20(9-10-20)14-22-11-1-2-12-22/h4-8,17H,1-3,9-14H2,(H2,21,24). The molecule has 1 saturated carbocycles. The van der Waals surface area contributed by atoms with Crippen molar-refractivity contribution in [2.24, 2.45) is 5.73 Å². The van der Waals surface area contributed by atoms with Gasteiger partial charge in [0, 0.05) is 24.1 Å². The lowest BCUT2D eigenvalue weighted by atomic mass is 9.94. The minimum atomic E-state index is -0.572. The number of benzene rings is 1. The van der Waals surface area contributed by atoms with Crippen LogP contribution in [0.4, 0.5) is 0 Å². The number of carbonyl (C=O) groups excluding carboxylic acids is 2. The highest BCUT2D eigenvalue weighted by Gasteiger charge is 2.45. The summed E-state index contributed by atoms with van der Waals surface area (Å²) >= 11 is 0. The van der Waals surface area contributed by atoms with Gasteiger partial charge in [0.1, 0.15) is 6.04 Å². The van der Waals surface area contributed by atoms with E-state index in [2.05, 4.69) is 17.0 Å². The van der Waals surface area contributed by atoms with Crippen LogP contribution in [0.25, 0.3) is 0 Å². The summed E-state index contributed by atoms with van der Waals surface area (Å²) in [6.07, 6.45) is 7.65. The predicted molar refractivity (Wildman–Crippen MR) is 96.0 cm³/mol. The summed E-state index contributed by atoms with van der Waals surface area (Å²) in [6.45, 7) is 4.15. The second-order valence-corrected chi connectivity index (χ2v) is 7.71. The summed E-state index contributed by atoms with van der Waals surface area (Å²) in [6, 6.07) is 7.47. The van der Waals surface area contributed by atoms with Crippen LogP contribution in [0, 0.1) is 6.42 Å². The molecule has 1 unspecified atom stereocenters. The van der Waals surface area contributed by atoms with Gasteiger partial charge in [0.25, 0.3) is 5.91 Å². The van der Waals surface area contributed by atoms with Crippen molar-refractivity contribution in [2.75, 3.05) is 26.2 Å². The van der Waals surface area contributed by atoms with Gasteiger partial charge in [-0.05, 0) is 69.3 Å². The van der Waals surface area contributed by atoms with E-state index in [9.17, 15) is 9.59 Å². The summed E-state index contributed by atoms with van der Waals surface area (Å²) < 4.78 is 0. The average Bonchev–Trinajstić information content (AvgIpc) is 3.03. The van der Waals surface area contributed by atoms with E-state index in [1.165, 1.54) is 44.3 Å². The number of primary amides is 1. The first kappa shape index (κ1) is 16.6. The number of hydrogen-bond acceptors (Lipinski definition) is 3.